The first-order valence-corrected chi connectivity index (χ1v) is 10.1. The Morgan fingerprint density at radius 2 is 2.00 bits per heavy atom. The van der Waals surface area contributed by atoms with Crippen LogP contribution in [0.4, 0.5) is 0 Å². The molecule has 0 unspecified atom stereocenters. The largest absolute Gasteiger partial charge is 0.344 e. The molecule has 29 heavy (non-hydrogen) atoms. The molecule has 4 rings (SSSR count). The summed E-state index contributed by atoms with van der Waals surface area (Å²) in [4.78, 5) is 13.0. The van der Waals surface area contributed by atoms with Gasteiger partial charge in [-0.15, -0.1) is 0 Å². The molecule has 0 spiro atoms. The van der Waals surface area contributed by atoms with Gasteiger partial charge >= 0.3 is 0 Å². The van der Waals surface area contributed by atoms with Crippen LogP contribution in [0.5, 0.6) is 0 Å². The van der Waals surface area contributed by atoms with Gasteiger partial charge < -0.3 is 9.88 Å². The number of allylic oxidation sites excluding steroid dienone is 2. The SMILES string of the molecule is CCn1c2c(c3ccccc31)C=C(NC(=O)c1cc(C(C)(C)C)nn1C)C=CC2. The van der Waals surface area contributed by atoms with E-state index in [1.165, 1.54) is 22.2 Å². The second-order valence-corrected chi connectivity index (χ2v) is 8.57. The summed E-state index contributed by atoms with van der Waals surface area (Å²) in [6, 6.07) is 10.3. The third-order valence-electron chi connectivity index (χ3n) is 5.49. The van der Waals surface area contributed by atoms with E-state index in [1.807, 2.05) is 19.2 Å². The number of amides is 1. The molecule has 5 heteroatoms. The highest BCUT2D eigenvalue weighted by molar-refractivity contribution is 5.97. The number of aryl methyl sites for hydroxylation is 2. The molecular formula is C24H28N4O. The van der Waals surface area contributed by atoms with Crippen LogP contribution in [0, 0.1) is 0 Å². The van der Waals surface area contributed by atoms with Gasteiger partial charge in [0.05, 0.1) is 5.69 Å². The minimum Gasteiger partial charge on any atom is -0.344 e. The smallest absolute Gasteiger partial charge is 0.273 e. The highest BCUT2D eigenvalue weighted by Gasteiger charge is 2.22. The highest BCUT2D eigenvalue weighted by Crippen LogP contribution is 2.30. The van der Waals surface area contributed by atoms with E-state index in [-0.39, 0.29) is 11.3 Å². The zero-order valence-corrected chi connectivity index (χ0v) is 17.8. The summed E-state index contributed by atoms with van der Waals surface area (Å²) in [5.41, 5.74) is 5.86. The van der Waals surface area contributed by atoms with Gasteiger partial charge in [-0.3, -0.25) is 9.48 Å². The van der Waals surface area contributed by atoms with Gasteiger partial charge in [0.1, 0.15) is 5.69 Å². The van der Waals surface area contributed by atoms with Crippen molar-refractivity contribution in [2.75, 3.05) is 0 Å². The van der Waals surface area contributed by atoms with Crippen LogP contribution < -0.4 is 5.32 Å². The third kappa shape index (κ3) is 3.41. The highest BCUT2D eigenvalue weighted by atomic mass is 16.2. The molecule has 0 saturated carbocycles. The van der Waals surface area contributed by atoms with Crippen molar-refractivity contribution in [2.24, 2.45) is 7.05 Å². The molecule has 0 saturated heterocycles. The van der Waals surface area contributed by atoms with Gasteiger partial charge in [-0.1, -0.05) is 45.0 Å². The van der Waals surface area contributed by atoms with Gasteiger partial charge in [0.2, 0.25) is 0 Å². The van der Waals surface area contributed by atoms with Crippen molar-refractivity contribution >= 4 is 22.9 Å². The van der Waals surface area contributed by atoms with E-state index in [9.17, 15) is 4.79 Å². The fourth-order valence-corrected chi connectivity index (χ4v) is 3.95. The maximum absolute atomic E-state index is 13.0. The van der Waals surface area contributed by atoms with E-state index in [1.54, 1.807) is 4.68 Å². The molecule has 0 fully saturated rings. The number of nitrogens with zero attached hydrogens (tertiary/aromatic N) is 3. The van der Waals surface area contributed by atoms with E-state index in [0.717, 1.165) is 24.4 Å². The number of hydrogen-bond donors (Lipinski definition) is 1. The van der Waals surface area contributed by atoms with Crippen LogP contribution in [0.25, 0.3) is 17.0 Å². The molecule has 0 atom stereocenters. The summed E-state index contributed by atoms with van der Waals surface area (Å²) in [6.07, 6.45) is 7.04. The Morgan fingerprint density at radius 3 is 2.69 bits per heavy atom. The lowest BCUT2D eigenvalue weighted by molar-refractivity contribution is 0.0958. The maximum Gasteiger partial charge on any atom is 0.273 e. The fraction of sp³-hybridized carbons (Fsp3) is 0.333. The summed E-state index contributed by atoms with van der Waals surface area (Å²) in [7, 11) is 1.81. The molecule has 1 aromatic carbocycles. The minimum atomic E-state index is -0.144. The number of nitrogens with one attached hydrogen (secondary N) is 1. The number of carbonyl (C=O) groups is 1. The van der Waals surface area contributed by atoms with Crippen molar-refractivity contribution in [2.45, 2.75) is 46.1 Å². The van der Waals surface area contributed by atoms with Crippen LogP contribution in [0.2, 0.25) is 0 Å². The molecule has 3 aromatic rings. The molecule has 1 amide bonds. The molecule has 2 heterocycles. The topological polar surface area (TPSA) is 51.9 Å². The van der Waals surface area contributed by atoms with Crippen molar-refractivity contribution < 1.29 is 4.79 Å². The molecule has 0 aliphatic heterocycles. The van der Waals surface area contributed by atoms with E-state index in [2.05, 4.69) is 79.1 Å². The lowest BCUT2D eigenvalue weighted by Gasteiger charge is -2.13. The van der Waals surface area contributed by atoms with Crippen LogP contribution in [-0.2, 0) is 25.4 Å². The van der Waals surface area contributed by atoms with Gasteiger partial charge in [-0.05, 0) is 31.2 Å². The summed E-state index contributed by atoms with van der Waals surface area (Å²) in [5, 5.41) is 8.82. The fourth-order valence-electron chi connectivity index (χ4n) is 3.95. The molecular weight excluding hydrogens is 360 g/mol. The van der Waals surface area contributed by atoms with E-state index >= 15 is 0 Å². The van der Waals surface area contributed by atoms with E-state index in [0.29, 0.717) is 5.69 Å². The lowest BCUT2D eigenvalue weighted by Crippen LogP contribution is -2.24. The number of fused-ring (bicyclic) bond motifs is 3. The Morgan fingerprint density at radius 1 is 1.24 bits per heavy atom. The molecule has 5 nitrogen and oxygen atoms in total. The van der Waals surface area contributed by atoms with Crippen molar-refractivity contribution in [3.8, 4) is 0 Å². The Labute approximate surface area is 171 Å². The molecule has 2 aromatic heterocycles. The van der Waals surface area contributed by atoms with Crippen LogP contribution in [0.1, 0.15) is 55.1 Å². The Balaban J connectivity index is 1.71. The quantitative estimate of drug-likeness (QED) is 0.714. The first-order valence-electron chi connectivity index (χ1n) is 10.1. The minimum absolute atomic E-state index is 0.103. The summed E-state index contributed by atoms with van der Waals surface area (Å²) in [6.45, 7) is 9.38. The van der Waals surface area contributed by atoms with Gasteiger partial charge in [-0.2, -0.15) is 5.10 Å². The number of aromatic nitrogens is 3. The van der Waals surface area contributed by atoms with Crippen molar-refractivity contribution in [3.05, 3.63) is 70.8 Å². The number of para-hydroxylation sites is 1. The third-order valence-corrected chi connectivity index (χ3v) is 5.49. The Hall–Kier alpha value is -3.08. The Kier molecular flexibility index (Phi) is 4.69. The second-order valence-electron chi connectivity index (χ2n) is 8.57. The molecule has 1 aliphatic rings. The molecule has 1 N–H and O–H groups in total. The summed E-state index contributed by atoms with van der Waals surface area (Å²) in [5.74, 6) is -0.144. The van der Waals surface area contributed by atoms with Crippen molar-refractivity contribution in [1.29, 1.82) is 0 Å². The predicted molar refractivity (Wildman–Crippen MR) is 118 cm³/mol. The zero-order chi connectivity index (χ0) is 20.8. The number of carbonyl (C=O) groups excluding carboxylic acids is 1. The molecule has 1 aliphatic carbocycles. The van der Waals surface area contributed by atoms with Gasteiger partial charge in [-0.25, -0.2) is 0 Å². The number of benzene rings is 1. The summed E-state index contributed by atoms with van der Waals surface area (Å²) < 4.78 is 4.01. The van der Waals surface area contributed by atoms with Crippen LogP contribution in [0.3, 0.4) is 0 Å². The average molecular weight is 389 g/mol. The standard InChI is InChI=1S/C24H28N4O/c1-6-28-19-12-8-7-11-17(19)18-14-16(10-9-13-20(18)28)25-23(29)21-15-22(24(2,3)4)26-27(21)5/h7-12,14-15H,6,13H2,1-5H3,(H,25,29). The van der Waals surface area contributed by atoms with Crippen LogP contribution in [-0.4, -0.2) is 20.3 Å². The van der Waals surface area contributed by atoms with Crippen molar-refractivity contribution in [1.82, 2.24) is 19.7 Å². The number of hydrogen-bond acceptors (Lipinski definition) is 2. The molecule has 0 radical (unpaired) electrons. The predicted octanol–water partition coefficient (Wildman–Crippen LogP) is 4.58. The van der Waals surface area contributed by atoms with E-state index in [4.69, 9.17) is 0 Å². The number of rotatable bonds is 3. The Bertz CT molecular complexity index is 1150. The van der Waals surface area contributed by atoms with Gasteiger partial charge in [0, 0.05) is 53.3 Å². The normalized spacial score (nSPS) is 13.9. The van der Waals surface area contributed by atoms with E-state index < -0.39 is 0 Å². The van der Waals surface area contributed by atoms with Crippen molar-refractivity contribution in [3.63, 3.8) is 0 Å². The molecule has 0 bridgehead atoms. The summed E-state index contributed by atoms with van der Waals surface area (Å²) >= 11 is 0. The first-order chi connectivity index (χ1) is 13.8. The monoisotopic (exact) mass is 388 g/mol. The maximum atomic E-state index is 13.0. The van der Waals surface area contributed by atoms with Crippen LogP contribution >= 0.6 is 0 Å². The second kappa shape index (κ2) is 7.07. The molecule has 150 valence electrons. The van der Waals surface area contributed by atoms with Crippen LogP contribution in [0.15, 0.2) is 48.2 Å². The van der Waals surface area contributed by atoms with Gasteiger partial charge in [0.15, 0.2) is 0 Å². The first kappa shape index (κ1) is 19.2. The average Bonchev–Trinajstić information content (AvgIpc) is 3.13. The van der Waals surface area contributed by atoms with Gasteiger partial charge in [0.25, 0.3) is 5.91 Å². The lowest BCUT2D eigenvalue weighted by atomic mass is 9.92. The zero-order valence-electron chi connectivity index (χ0n) is 17.8.